The van der Waals surface area contributed by atoms with E-state index in [1.165, 1.54) is 68.9 Å². The molecule has 4 atom stereocenters. The first kappa shape index (κ1) is 25.1. The minimum Gasteiger partial charge on any atom is -0.379 e. The lowest BCUT2D eigenvalue weighted by Gasteiger charge is -2.64. The molecule has 1 aliphatic carbocycles. The van der Waals surface area contributed by atoms with Crippen molar-refractivity contribution >= 4 is 35.5 Å². The van der Waals surface area contributed by atoms with Crippen molar-refractivity contribution in [2.45, 2.75) is 54.4 Å². The molecular formula is C25H44N4O2S3. The molecule has 0 amide bonds. The molecule has 4 unspecified atom stereocenters. The second-order valence-corrected chi connectivity index (χ2v) is 14.9. The summed E-state index contributed by atoms with van der Waals surface area (Å²) < 4.78 is 15.6. The molecule has 0 aromatic carbocycles. The summed E-state index contributed by atoms with van der Waals surface area (Å²) in [6.45, 7) is 11.9. The van der Waals surface area contributed by atoms with Crippen molar-refractivity contribution in [3.8, 4) is 0 Å². The van der Waals surface area contributed by atoms with Gasteiger partial charge < -0.3 is 14.8 Å². The first-order valence-electron chi connectivity index (χ1n) is 13.9. The largest absolute Gasteiger partial charge is 0.379 e. The molecule has 6 nitrogen and oxygen atoms in total. The Hall–Kier alpha value is 0.810. The fraction of sp³-hybridized carbons (Fsp3) is 1.00. The van der Waals surface area contributed by atoms with E-state index in [1.54, 1.807) is 0 Å². The van der Waals surface area contributed by atoms with Crippen molar-refractivity contribution in [2.75, 3.05) is 89.4 Å². The van der Waals surface area contributed by atoms with Crippen molar-refractivity contribution in [2.24, 2.45) is 11.8 Å². The summed E-state index contributed by atoms with van der Waals surface area (Å²) >= 11 is 6.79. The molecule has 0 radical (unpaired) electrons. The SMILES string of the molecule is C1CCC(C2CSC(SN3CCSCC3)(C3CCC3)C2(N2CCNCC2)N2CCOCC2)OC1. The smallest absolute Gasteiger partial charge is 0.111 e. The molecular weight excluding hydrogens is 485 g/mol. The van der Waals surface area contributed by atoms with Crippen molar-refractivity contribution in [3.63, 3.8) is 0 Å². The number of thioether (sulfide) groups is 2. The van der Waals surface area contributed by atoms with E-state index < -0.39 is 0 Å². The van der Waals surface area contributed by atoms with Crippen LogP contribution in [0.15, 0.2) is 0 Å². The maximum absolute atomic E-state index is 6.67. The lowest BCUT2D eigenvalue weighted by molar-refractivity contribution is -0.175. The highest BCUT2D eigenvalue weighted by molar-refractivity contribution is 8.17. The quantitative estimate of drug-likeness (QED) is 0.524. The van der Waals surface area contributed by atoms with Gasteiger partial charge in [0.25, 0.3) is 0 Å². The van der Waals surface area contributed by atoms with Crippen LogP contribution in [0, 0.1) is 11.8 Å². The molecule has 0 spiro atoms. The molecule has 0 aromatic rings. The van der Waals surface area contributed by atoms with Gasteiger partial charge in [0.1, 0.15) is 9.74 Å². The molecule has 1 saturated carbocycles. The molecule has 1 N–H and O–H groups in total. The fourth-order valence-electron chi connectivity index (χ4n) is 7.37. The van der Waals surface area contributed by atoms with Crippen LogP contribution in [0.1, 0.15) is 38.5 Å². The predicted molar refractivity (Wildman–Crippen MR) is 146 cm³/mol. The summed E-state index contributed by atoms with van der Waals surface area (Å²) in [7, 11) is 0. The Morgan fingerprint density at radius 1 is 0.824 bits per heavy atom. The van der Waals surface area contributed by atoms with Crippen molar-refractivity contribution < 1.29 is 9.47 Å². The van der Waals surface area contributed by atoms with Gasteiger partial charge in [0.15, 0.2) is 0 Å². The van der Waals surface area contributed by atoms with Gasteiger partial charge in [-0.1, -0.05) is 18.4 Å². The van der Waals surface area contributed by atoms with Gasteiger partial charge in [-0.15, -0.1) is 11.8 Å². The minimum absolute atomic E-state index is 0.0475. The average molecular weight is 529 g/mol. The molecule has 9 heteroatoms. The van der Waals surface area contributed by atoms with Gasteiger partial charge in [-0.25, -0.2) is 4.31 Å². The Morgan fingerprint density at radius 3 is 2.26 bits per heavy atom. The van der Waals surface area contributed by atoms with Crippen LogP contribution >= 0.6 is 35.5 Å². The van der Waals surface area contributed by atoms with Crippen molar-refractivity contribution in [1.29, 1.82) is 0 Å². The maximum Gasteiger partial charge on any atom is 0.111 e. The molecule has 6 fully saturated rings. The van der Waals surface area contributed by atoms with E-state index in [-0.39, 0.29) is 9.74 Å². The minimum atomic E-state index is 0.0475. The summed E-state index contributed by atoms with van der Waals surface area (Å²) in [5, 5.41) is 3.68. The van der Waals surface area contributed by atoms with Crippen LogP contribution in [0.5, 0.6) is 0 Å². The number of nitrogens with zero attached hydrogens (tertiary/aromatic N) is 3. The Kier molecular flexibility index (Phi) is 8.33. The lowest BCUT2D eigenvalue weighted by Crippen LogP contribution is -2.78. The highest BCUT2D eigenvalue weighted by Crippen LogP contribution is 2.68. The van der Waals surface area contributed by atoms with Gasteiger partial charge in [-0.05, 0) is 38.0 Å². The van der Waals surface area contributed by atoms with Gasteiger partial charge in [-0.2, -0.15) is 11.8 Å². The van der Waals surface area contributed by atoms with Crippen LogP contribution in [0.2, 0.25) is 0 Å². The van der Waals surface area contributed by atoms with Crippen LogP contribution in [0.4, 0.5) is 0 Å². The third-order valence-corrected chi connectivity index (χ3v) is 13.8. The maximum atomic E-state index is 6.67. The number of hydrogen-bond acceptors (Lipinski definition) is 9. The summed E-state index contributed by atoms with van der Waals surface area (Å²) in [6, 6.07) is 0. The summed E-state index contributed by atoms with van der Waals surface area (Å²) in [5.41, 5.74) is 0.0475. The van der Waals surface area contributed by atoms with Crippen LogP contribution in [0.25, 0.3) is 0 Å². The predicted octanol–water partition coefficient (Wildman–Crippen LogP) is 3.05. The van der Waals surface area contributed by atoms with Gasteiger partial charge >= 0.3 is 0 Å². The zero-order chi connectivity index (χ0) is 22.8. The molecule has 6 aliphatic rings. The second-order valence-electron chi connectivity index (χ2n) is 10.8. The van der Waals surface area contributed by atoms with Gasteiger partial charge in [0.2, 0.25) is 0 Å². The molecule has 5 aliphatic heterocycles. The first-order valence-corrected chi connectivity index (χ1v) is 16.8. The number of morpholine rings is 1. The van der Waals surface area contributed by atoms with E-state index in [9.17, 15) is 0 Å². The molecule has 34 heavy (non-hydrogen) atoms. The standard InChI is InChI=1S/C25H44N4O2S3/c1-2-15-31-23(6-1)22-20-33-25(21-4-3-5-21,34-29-13-18-32-19-14-29)24(22,27-9-7-26-8-10-27)28-11-16-30-17-12-28/h21-23,26H,1-20H2. The normalized spacial score (nSPS) is 42.0. The van der Waals surface area contributed by atoms with Crippen LogP contribution in [-0.4, -0.2) is 119 Å². The topological polar surface area (TPSA) is 40.2 Å². The third kappa shape index (κ3) is 4.41. The molecule has 0 aromatic heterocycles. The number of ether oxygens (including phenoxy) is 2. The van der Waals surface area contributed by atoms with E-state index in [1.807, 2.05) is 0 Å². The zero-order valence-corrected chi connectivity index (χ0v) is 23.2. The Balaban J connectivity index is 1.46. The Bertz CT molecular complexity index is 645. The second kappa shape index (κ2) is 11.3. The van der Waals surface area contributed by atoms with Crippen LogP contribution in [-0.2, 0) is 9.47 Å². The van der Waals surface area contributed by atoms with Gasteiger partial charge in [-0.3, -0.25) is 9.80 Å². The van der Waals surface area contributed by atoms with E-state index in [2.05, 4.69) is 54.9 Å². The highest BCUT2D eigenvalue weighted by Gasteiger charge is 2.72. The van der Waals surface area contributed by atoms with Crippen molar-refractivity contribution in [3.05, 3.63) is 0 Å². The first-order chi connectivity index (χ1) is 16.8. The summed E-state index contributed by atoms with van der Waals surface area (Å²) in [6.07, 6.45) is 8.43. The van der Waals surface area contributed by atoms with Crippen LogP contribution in [0.3, 0.4) is 0 Å². The molecule has 6 rings (SSSR count). The number of rotatable bonds is 6. The third-order valence-electron chi connectivity index (χ3n) is 9.14. The van der Waals surface area contributed by atoms with E-state index in [0.717, 1.165) is 65.0 Å². The fourth-order valence-corrected chi connectivity index (χ4v) is 12.9. The molecule has 0 bridgehead atoms. The van der Waals surface area contributed by atoms with Gasteiger partial charge in [0.05, 0.1) is 19.3 Å². The number of hydrogen-bond donors (Lipinski definition) is 1. The summed E-state index contributed by atoms with van der Waals surface area (Å²) in [5.74, 6) is 5.18. The Morgan fingerprint density at radius 2 is 1.59 bits per heavy atom. The van der Waals surface area contributed by atoms with Gasteiger partial charge in [0, 0.05) is 82.1 Å². The lowest BCUT2D eigenvalue weighted by atomic mass is 9.70. The Labute approximate surface area is 219 Å². The zero-order valence-electron chi connectivity index (χ0n) is 20.8. The van der Waals surface area contributed by atoms with E-state index in [4.69, 9.17) is 9.47 Å². The van der Waals surface area contributed by atoms with Crippen LogP contribution < -0.4 is 5.32 Å². The monoisotopic (exact) mass is 528 g/mol. The van der Waals surface area contributed by atoms with E-state index >= 15 is 0 Å². The highest BCUT2D eigenvalue weighted by atomic mass is 32.2. The molecule has 5 heterocycles. The molecule has 194 valence electrons. The van der Waals surface area contributed by atoms with E-state index in [0.29, 0.717) is 12.0 Å². The number of nitrogens with one attached hydrogen (secondary N) is 1. The molecule has 5 saturated heterocycles. The summed E-state index contributed by atoms with van der Waals surface area (Å²) in [4.78, 5) is 5.91. The average Bonchev–Trinajstić information content (AvgIpc) is 3.20. The van der Waals surface area contributed by atoms with Crippen molar-refractivity contribution in [1.82, 2.24) is 19.4 Å². The number of piperazine rings is 1.